The van der Waals surface area contributed by atoms with Crippen LogP contribution in [0.4, 0.5) is 0 Å². The van der Waals surface area contributed by atoms with Gasteiger partial charge in [-0.05, 0) is 52.9 Å². The molecule has 2 fully saturated rings. The zero-order valence-electron chi connectivity index (χ0n) is 13.8. The highest BCUT2D eigenvalue weighted by atomic mass is 16.7. The van der Waals surface area contributed by atoms with Gasteiger partial charge in [0.25, 0.3) is 0 Å². The molecule has 0 aromatic rings. The lowest BCUT2D eigenvalue weighted by Crippen LogP contribution is -2.47. The number of ether oxygens (including phenoxy) is 2. The van der Waals surface area contributed by atoms with Gasteiger partial charge in [-0.15, -0.1) is 0 Å². The van der Waals surface area contributed by atoms with E-state index < -0.39 is 5.79 Å². The summed E-state index contributed by atoms with van der Waals surface area (Å²) in [5.74, 6) is 0.0304. The van der Waals surface area contributed by atoms with Crippen LogP contribution in [0.1, 0.15) is 59.3 Å². The summed E-state index contributed by atoms with van der Waals surface area (Å²) < 4.78 is 12.1. The predicted octanol–water partition coefficient (Wildman–Crippen LogP) is 4.13. The van der Waals surface area contributed by atoms with E-state index in [0.29, 0.717) is 12.5 Å². The maximum absolute atomic E-state index is 6.23. The van der Waals surface area contributed by atoms with Crippen LogP contribution < -0.4 is 0 Å². The van der Waals surface area contributed by atoms with Gasteiger partial charge in [0.1, 0.15) is 0 Å². The van der Waals surface area contributed by atoms with E-state index in [9.17, 15) is 0 Å². The fourth-order valence-electron chi connectivity index (χ4n) is 4.49. The van der Waals surface area contributed by atoms with Gasteiger partial charge in [0.2, 0.25) is 0 Å². The number of aliphatic imine (C=N–C) groups is 1. The first-order valence-corrected chi connectivity index (χ1v) is 8.43. The Morgan fingerprint density at radius 1 is 1.24 bits per heavy atom. The molecule has 1 saturated heterocycles. The van der Waals surface area contributed by atoms with Gasteiger partial charge in [0.15, 0.2) is 5.79 Å². The van der Waals surface area contributed by atoms with Crippen LogP contribution in [0, 0.1) is 11.3 Å². The second-order valence-corrected chi connectivity index (χ2v) is 7.51. The first-order valence-electron chi connectivity index (χ1n) is 8.43. The van der Waals surface area contributed by atoms with E-state index in [1.54, 1.807) is 0 Å². The maximum Gasteiger partial charge on any atom is 0.163 e. The van der Waals surface area contributed by atoms with Gasteiger partial charge >= 0.3 is 0 Å². The van der Waals surface area contributed by atoms with E-state index in [2.05, 4.69) is 13.5 Å². The molecule has 3 heteroatoms. The third-order valence-corrected chi connectivity index (χ3v) is 5.72. The molecule has 1 aliphatic carbocycles. The summed E-state index contributed by atoms with van der Waals surface area (Å²) in [6, 6.07) is 0. The van der Waals surface area contributed by atoms with E-state index >= 15 is 0 Å². The van der Waals surface area contributed by atoms with Crippen LogP contribution in [-0.4, -0.2) is 30.8 Å². The third-order valence-electron chi connectivity index (χ3n) is 5.72. The van der Waals surface area contributed by atoms with Crippen molar-refractivity contribution in [1.29, 1.82) is 0 Å². The zero-order chi connectivity index (χ0) is 15.1. The van der Waals surface area contributed by atoms with E-state index in [0.717, 1.165) is 19.4 Å². The molecule has 0 bridgehead atoms. The van der Waals surface area contributed by atoms with Crippen LogP contribution in [0.25, 0.3) is 0 Å². The van der Waals surface area contributed by atoms with Crippen LogP contribution >= 0.6 is 0 Å². The summed E-state index contributed by atoms with van der Waals surface area (Å²) in [6.07, 6.45) is 7.32. The average molecular weight is 291 g/mol. The highest BCUT2D eigenvalue weighted by Crippen LogP contribution is 2.51. The molecule has 3 aliphatic rings. The highest BCUT2D eigenvalue weighted by Gasteiger charge is 2.50. The number of hydrogen-bond donors (Lipinski definition) is 0. The lowest BCUT2D eigenvalue weighted by atomic mass is 9.59. The largest absolute Gasteiger partial charge is 0.348 e. The van der Waals surface area contributed by atoms with Gasteiger partial charge in [0, 0.05) is 23.6 Å². The molecule has 1 spiro atoms. The van der Waals surface area contributed by atoms with Gasteiger partial charge in [-0.3, -0.25) is 4.99 Å². The van der Waals surface area contributed by atoms with E-state index in [1.807, 2.05) is 13.8 Å². The Balaban J connectivity index is 1.91. The van der Waals surface area contributed by atoms with Crippen LogP contribution in [0.15, 0.2) is 17.1 Å². The zero-order valence-corrected chi connectivity index (χ0v) is 13.8. The fraction of sp³-hybridized carbons (Fsp3) is 0.833. The van der Waals surface area contributed by atoms with Crippen LogP contribution in [-0.2, 0) is 9.47 Å². The molecule has 0 aromatic carbocycles. The van der Waals surface area contributed by atoms with Gasteiger partial charge in [-0.2, -0.15) is 0 Å². The number of nitrogens with zero attached hydrogens (tertiary/aromatic N) is 1. The van der Waals surface area contributed by atoms with Crippen molar-refractivity contribution in [2.45, 2.75) is 71.2 Å². The summed E-state index contributed by atoms with van der Waals surface area (Å²) in [7, 11) is 0. The Hall–Kier alpha value is -0.670. The SMILES string of the molecule is C=C1CC[C@@]2(CCCCN=C2C)[C@@H]([C@@H]2COC(C)(C)O2)C1. The predicted molar refractivity (Wildman–Crippen MR) is 85.6 cm³/mol. The Morgan fingerprint density at radius 2 is 2.05 bits per heavy atom. The summed E-state index contributed by atoms with van der Waals surface area (Å²) in [5.41, 5.74) is 2.94. The minimum absolute atomic E-state index is 0.181. The minimum Gasteiger partial charge on any atom is -0.348 e. The van der Waals surface area contributed by atoms with Crippen molar-refractivity contribution >= 4 is 5.71 Å². The Morgan fingerprint density at radius 3 is 2.76 bits per heavy atom. The monoisotopic (exact) mass is 291 g/mol. The lowest BCUT2D eigenvalue weighted by Gasteiger charge is -2.47. The highest BCUT2D eigenvalue weighted by molar-refractivity contribution is 5.89. The van der Waals surface area contributed by atoms with E-state index in [1.165, 1.54) is 37.0 Å². The summed E-state index contributed by atoms with van der Waals surface area (Å²) in [6.45, 7) is 12.2. The van der Waals surface area contributed by atoms with Gasteiger partial charge < -0.3 is 9.47 Å². The van der Waals surface area contributed by atoms with Gasteiger partial charge in [-0.1, -0.05) is 18.6 Å². The molecular formula is C18H29NO2. The van der Waals surface area contributed by atoms with Crippen molar-refractivity contribution in [2.24, 2.45) is 16.3 Å². The van der Waals surface area contributed by atoms with Crippen molar-refractivity contribution in [3.8, 4) is 0 Å². The molecule has 3 rings (SSSR count). The van der Waals surface area contributed by atoms with Crippen molar-refractivity contribution in [3.05, 3.63) is 12.2 Å². The molecule has 2 aliphatic heterocycles. The minimum atomic E-state index is -0.444. The average Bonchev–Trinajstić information content (AvgIpc) is 2.69. The second kappa shape index (κ2) is 5.51. The molecular weight excluding hydrogens is 262 g/mol. The second-order valence-electron chi connectivity index (χ2n) is 7.51. The van der Waals surface area contributed by atoms with Crippen molar-refractivity contribution in [3.63, 3.8) is 0 Å². The molecule has 2 heterocycles. The number of allylic oxidation sites excluding steroid dienone is 1. The fourth-order valence-corrected chi connectivity index (χ4v) is 4.49. The van der Waals surface area contributed by atoms with Gasteiger partial charge in [0.05, 0.1) is 12.7 Å². The summed E-state index contributed by atoms with van der Waals surface area (Å²) in [5, 5.41) is 0. The topological polar surface area (TPSA) is 30.8 Å². The molecule has 0 aromatic heterocycles. The number of hydrogen-bond acceptors (Lipinski definition) is 3. The molecule has 0 radical (unpaired) electrons. The van der Waals surface area contributed by atoms with Crippen LogP contribution in [0.5, 0.6) is 0 Å². The van der Waals surface area contributed by atoms with Crippen molar-refractivity contribution < 1.29 is 9.47 Å². The van der Waals surface area contributed by atoms with E-state index in [-0.39, 0.29) is 11.5 Å². The Labute approximate surface area is 128 Å². The number of rotatable bonds is 1. The summed E-state index contributed by atoms with van der Waals surface area (Å²) in [4.78, 5) is 4.87. The first-order chi connectivity index (χ1) is 9.93. The molecule has 0 unspecified atom stereocenters. The summed E-state index contributed by atoms with van der Waals surface area (Å²) >= 11 is 0. The normalized spacial score (nSPS) is 40.1. The first kappa shape index (κ1) is 15.2. The van der Waals surface area contributed by atoms with E-state index in [4.69, 9.17) is 14.5 Å². The third kappa shape index (κ3) is 2.83. The molecule has 3 nitrogen and oxygen atoms in total. The quantitative estimate of drug-likeness (QED) is 0.680. The van der Waals surface area contributed by atoms with Crippen LogP contribution in [0.3, 0.4) is 0 Å². The van der Waals surface area contributed by atoms with Gasteiger partial charge in [-0.25, -0.2) is 0 Å². The van der Waals surface area contributed by atoms with Crippen LogP contribution in [0.2, 0.25) is 0 Å². The standard InChI is InChI=1S/C18H29NO2/c1-13-7-9-18(8-5-6-10-19-14(18)2)15(11-13)16-12-20-17(3,4)21-16/h15-16H,1,5-12H2,2-4H3/t15-,16+,18-/m1/s1. The molecule has 0 amide bonds. The molecule has 0 N–H and O–H groups in total. The lowest BCUT2D eigenvalue weighted by molar-refractivity contribution is -0.150. The Bertz CT molecular complexity index is 454. The molecule has 3 atom stereocenters. The van der Waals surface area contributed by atoms with Crippen molar-refractivity contribution in [1.82, 2.24) is 0 Å². The Kier molecular flexibility index (Phi) is 4.00. The molecule has 21 heavy (non-hydrogen) atoms. The van der Waals surface area contributed by atoms with Crippen molar-refractivity contribution in [2.75, 3.05) is 13.2 Å². The smallest absolute Gasteiger partial charge is 0.163 e. The maximum atomic E-state index is 6.23. The molecule has 1 saturated carbocycles. The molecule has 118 valence electrons.